The number of hydrogen-bond acceptors (Lipinski definition) is 2. The molecule has 0 radical (unpaired) electrons. The quantitative estimate of drug-likeness (QED) is 0.604. The fraction of sp³-hybridized carbons (Fsp3) is 0.857. The van der Waals surface area contributed by atoms with Crippen molar-refractivity contribution in [1.29, 1.82) is 0 Å². The molecule has 0 saturated heterocycles. The van der Waals surface area contributed by atoms with Gasteiger partial charge in [-0.15, -0.1) is 0 Å². The van der Waals surface area contributed by atoms with E-state index in [0.29, 0.717) is 5.78 Å². The molecule has 0 amide bonds. The predicted molar refractivity (Wildman–Crippen MR) is 51.6 cm³/mol. The first kappa shape index (κ1) is 10.4. The van der Waals surface area contributed by atoms with E-state index in [1.165, 1.54) is 0 Å². The Balaban J connectivity index is 3.89. The molecule has 1 unspecified atom stereocenters. The van der Waals surface area contributed by atoms with Gasteiger partial charge in [-0.05, 0) is 7.05 Å². The number of carbonyl (C=O) groups is 1. The van der Waals surface area contributed by atoms with Gasteiger partial charge in [0, 0.05) is 10.3 Å². The Hall–Kier alpha value is 0.360. The van der Waals surface area contributed by atoms with Gasteiger partial charge in [0.05, 0.1) is 6.04 Å². The van der Waals surface area contributed by atoms with Crippen LogP contribution < -0.4 is 5.32 Å². The molecule has 3 heteroatoms. The Bertz CT molecular complexity index is 110. The largest absolute Gasteiger partial charge is 0.310 e. The Kier molecular flexibility index (Phi) is 5.25. The summed E-state index contributed by atoms with van der Waals surface area (Å²) in [6.45, 7) is 3.86. The third-order valence-corrected chi connectivity index (χ3v) is 2.30. The summed E-state index contributed by atoms with van der Waals surface area (Å²) in [6, 6.07) is 0.0422. The number of hydrogen-bond donors (Lipinski definition) is 1. The molecule has 2 nitrogen and oxygen atoms in total. The van der Waals surface area contributed by atoms with Crippen molar-refractivity contribution in [3.63, 3.8) is 0 Å². The summed E-state index contributed by atoms with van der Waals surface area (Å²) in [5.74, 6) is 0.448. The monoisotopic (exact) mass is 255 g/mol. The molecule has 60 valence electrons. The van der Waals surface area contributed by atoms with E-state index in [4.69, 9.17) is 0 Å². The lowest BCUT2D eigenvalue weighted by Gasteiger charge is -2.13. The van der Waals surface area contributed by atoms with Crippen LogP contribution in [0, 0.1) is 5.92 Å². The molecule has 1 N–H and O–H groups in total. The minimum Gasteiger partial charge on any atom is -0.310 e. The van der Waals surface area contributed by atoms with Crippen molar-refractivity contribution < 1.29 is 4.79 Å². The Morgan fingerprint density at radius 3 is 2.20 bits per heavy atom. The second kappa shape index (κ2) is 5.07. The molecule has 0 saturated carbocycles. The molecule has 10 heavy (non-hydrogen) atoms. The highest BCUT2D eigenvalue weighted by atomic mass is 127. The van der Waals surface area contributed by atoms with E-state index in [1.807, 2.05) is 20.9 Å². The van der Waals surface area contributed by atoms with Crippen molar-refractivity contribution in [2.45, 2.75) is 19.9 Å². The van der Waals surface area contributed by atoms with Gasteiger partial charge in [-0.3, -0.25) is 4.79 Å². The average molecular weight is 255 g/mol. The van der Waals surface area contributed by atoms with Crippen LogP contribution in [0.4, 0.5) is 0 Å². The normalized spacial score (nSPS) is 13.7. The molecular weight excluding hydrogens is 241 g/mol. The van der Waals surface area contributed by atoms with Gasteiger partial charge in [-0.1, -0.05) is 36.4 Å². The Morgan fingerprint density at radius 1 is 1.60 bits per heavy atom. The second-order valence-electron chi connectivity index (χ2n) is 2.55. The zero-order chi connectivity index (χ0) is 8.15. The highest BCUT2D eigenvalue weighted by Gasteiger charge is 2.17. The standard InChI is InChI=1S/C7H14INO/c1-5(2)7(10)6(4-8)9-3/h5-6,9H,4H2,1-3H3. The molecule has 0 aliphatic carbocycles. The number of carbonyl (C=O) groups excluding carboxylic acids is 1. The lowest BCUT2D eigenvalue weighted by Crippen LogP contribution is -2.37. The van der Waals surface area contributed by atoms with E-state index in [2.05, 4.69) is 27.9 Å². The van der Waals surface area contributed by atoms with Gasteiger partial charge in [0.25, 0.3) is 0 Å². The minimum atomic E-state index is 0.0422. The Labute approximate surface area is 75.9 Å². The summed E-state index contributed by atoms with van der Waals surface area (Å²) in [7, 11) is 1.82. The number of halogens is 1. The molecule has 0 heterocycles. The molecule has 0 spiro atoms. The first-order valence-electron chi connectivity index (χ1n) is 3.40. The zero-order valence-electron chi connectivity index (χ0n) is 6.65. The van der Waals surface area contributed by atoms with Gasteiger partial charge in [-0.2, -0.15) is 0 Å². The molecule has 0 aliphatic heterocycles. The fourth-order valence-corrected chi connectivity index (χ4v) is 1.57. The molecule has 1 atom stereocenters. The number of nitrogens with one attached hydrogen (secondary N) is 1. The van der Waals surface area contributed by atoms with Gasteiger partial charge in [-0.25, -0.2) is 0 Å². The highest BCUT2D eigenvalue weighted by molar-refractivity contribution is 14.1. The number of ketones is 1. The first-order valence-corrected chi connectivity index (χ1v) is 4.93. The van der Waals surface area contributed by atoms with Crippen LogP contribution >= 0.6 is 22.6 Å². The first-order chi connectivity index (χ1) is 4.63. The lowest BCUT2D eigenvalue weighted by molar-refractivity contribution is -0.123. The van der Waals surface area contributed by atoms with Crippen molar-refractivity contribution >= 4 is 28.4 Å². The predicted octanol–water partition coefficient (Wildman–Crippen LogP) is 1.23. The van der Waals surface area contributed by atoms with Gasteiger partial charge >= 0.3 is 0 Å². The van der Waals surface area contributed by atoms with E-state index >= 15 is 0 Å². The summed E-state index contributed by atoms with van der Waals surface area (Å²) in [6.07, 6.45) is 0. The average Bonchev–Trinajstić information content (AvgIpc) is 1.90. The van der Waals surface area contributed by atoms with Crippen molar-refractivity contribution in [3.05, 3.63) is 0 Å². The van der Waals surface area contributed by atoms with Crippen molar-refractivity contribution in [1.82, 2.24) is 5.32 Å². The van der Waals surface area contributed by atoms with Gasteiger partial charge in [0.15, 0.2) is 5.78 Å². The zero-order valence-corrected chi connectivity index (χ0v) is 8.81. The molecular formula is C7H14INO. The van der Waals surface area contributed by atoms with Gasteiger partial charge in [0.2, 0.25) is 0 Å². The van der Waals surface area contributed by atoms with E-state index in [1.54, 1.807) is 0 Å². The Morgan fingerprint density at radius 2 is 2.10 bits per heavy atom. The van der Waals surface area contributed by atoms with Crippen LogP contribution in [0.1, 0.15) is 13.8 Å². The van der Waals surface area contributed by atoms with E-state index in [-0.39, 0.29) is 12.0 Å². The topological polar surface area (TPSA) is 29.1 Å². The third-order valence-electron chi connectivity index (χ3n) is 1.42. The fourth-order valence-electron chi connectivity index (χ4n) is 0.698. The smallest absolute Gasteiger partial charge is 0.153 e. The molecule has 0 aliphatic rings. The van der Waals surface area contributed by atoms with Crippen LogP contribution in [0.25, 0.3) is 0 Å². The van der Waals surface area contributed by atoms with Crippen molar-refractivity contribution in [2.24, 2.45) is 5.92 Å². The molecule has 0 bridgehead atoms. The maximum atomic E-state index is 11.2. The SMILES string of the molecule is CNC(CI)C(=O)C(C)C. The molecule has 0 aromatic rings. The van der Waals surface area contributed by atoms with Crippen LogP contribution in [0.3, 0.4) is 0 Å². The van der Waals surface area contributed by atoms with Crippen LogP contribution in [-0.2, 0) is 4.79 Å². The minimum absolute atomic E-state index is 0.0422. The third kappa shape index (κ3) is 2.96. The number of alkyl halides is 1. The van der Waals surface area contributed by atoms with E-state index < -0.39 is 0 Å². The maximum absolute atomic E-state index is 11.2. The van der Waals surface area contributed by atoms with Crippen LogP contribution in [0.5, 0.6) is 0 Å². The van der Waals surface area contributed by atoms with Crippen molar-refractivity contribution in [2.75, 3.05) is 11.5 Å². The molecule has 0 rings (SSSR count). The highest BCUT2D eigenvalue weighted by Crippen LogP contribution is 2.01. The van der Waals surface area contributed by atoms with E-state index in [9.17, 15) is 4.79 Å². The summed E-state index contributed by atoms with van der Waals surface area (Å²) in [5, 5.41) is 2.98. The van der Waals surface area contributed by atoms with Crippen LogP contribution in [0.15, 0.2) is 0 Å². The second-order valence-corrected chi connectivity index (χ2v) is 3.43. The summed E-state index contributed by atoms with van der Waals surface area (Å²) in [5.41, 5.74) is 0. The molecule has 0 aromatic carbocycles. The summed E-state index contributed by atoms with van der Waals surface area (Å²) in [4.78, 5) is 11.2. The van der Waals surface area contributed by atoms with E-state index in [0.717, 1.165) is 4.43 Å². The van der Waals surface area contributed by atoms with Crippen molar-refractivity contribution in [3.8, 4) is 0 Å². The van der Waals surface area contributed by atoms with Crippen LogP contribution in [-0.4, -0.2) is 23.3 Å². The summed E-state index contributed by atoms with van der Waals surface area (Å²) >= 11 is 2.21. The lowest BCUT2D eigenvalue weighted by atomic mass is 10.0. The number of likely N-dealkylation sites (N-methyl/N-ethyl adjacent to an activating group) is 1. The summed E-state index contributed by atoms with van der Waals surface area (Å²) < 4.78 is 0.852. The number of Topliss-reactive ketones (excluding diaryl/α,β-unsaturated/α-hetero) is 1. The molecule has 0 aromatic heterocycles. The maximum Gasteiger partial charge on any atom is 0.153 e. The van der Waals surface area contributed by atoms with Gasteiger partial charge < -0.3 is 5.32 Å². The van der Waals surface area contributed by atoms with Gasteiger partial charge in [0.1, 0.15) is 0 Å². The van der Waals surface area contributed by atoms with Crippen LogP contribution in [0.2, 0.25) is 0 Å². The number of rotatable bonds is 4. The molecule has 0 fully saturated rings.